The summed E-state index contributed by atoms with van der Waals surface area (Å²) in [5.41, 5.74) is 0. The van der Waals surface area contributed by atoms with Gasteiger partial charge >= 0.3 is 6.41 Å². The van der Waals surface area contributed by atoms with Crippen molar-refractivity contribution in [3.8, 4) is 0 Å². The lowest BCUT2D eigenvalue weighted by Crippen LogP contribution is -2.22. The Labute approximate surface area is 133 Å². The van der Waals surface area contributed by atoms with Crippen LogP contribution in [0.25, 0.3) is 0 Å². The maximum absolute atomic E-state index is 10.5. The molecular weight excluding hydrogens is 258 g/mol. The van der Waals surface area contributed by atoms with E-state index >= 15 is 0 Å². The van der Waals surface area contributed by atoms with Crippen molar-refractivity contribution in [3.05, 3.63) is 0 Å². The fourth-order valence-electron chi connectivity index (χ4n) is 2.77. The van der Waals surface area contributed by atoms with Crippen molar-refractivity contribution in [1.82, 2.24) is 4.90 Å². The van der Waals surface area contributed by atoms with Crippen molar-refractivity contribution in [2.24, 2.45) is 0 Å². The van der Waals surface area contributed by atoms with Gasteiger partial charge in [0.2, 0.25) is 0 Å². The zero-order valence-corrected chi connectivity index (χ0v) is 14.7. The Balaban J connectivity index is 3.04. The Morgan fingerprint density at radius 1 is 0.619 bits per heavy atom. The van der Waals surface area contributed by atoms with E-state index < -0.39 is 0 Å². The predicted octanol–water partition coefficient (Wildman–Crippen LogP) is 5.86. The van der Waals surface area contributed by atoms with Crippen LogP contribution in [0.4, 0.5) is 0 Å². The topological polar surface area (TPSA) is 20.3 Å². The summed E-state index contributed by atoms with van der Waals surface area (Å²) in [6.07, 6.45) is 21.3. The van der Waals surface area contributed by atoms with Crippen LogP contribution in [0, 0.1) is 0 Å². The van der Waals surface area contributed by atoms with Crippen LogP contribution in [0.15, 0.2) is 0 Å². The summed E-state index contributed by atoms with van der Waals surface area (Å²) in [6, 6.07) is 0. The molecule has 0 aliphatic carbocycles. The smallest absolute Gasteiger partial charge is 0.312 e. The fourth-order valence-corrected chi connectivity index (χ4v) is 2.77. The average molecular weight is 297 g/mol. The van der Waals surface area contributed by atoms with E-state index in [1.165, 1.54) is 83.5 Å². The predicted molar refractivity (Wildman–Crippen MR) is 93.3 cm³/mol. The molecule has 0 N–H and O–H groups in total. The Morgan fingerprint density at radius 2 is 1.00 bits per heavy atom. The molecule has 125 valence electrons. The van der Waals surface area contributed by atoms with Gasteiger partial charge in [-0.05, 0) is 13.3 Å². The van der Waals surface area contributed by atoms with E-state index in [-0.39, 0.29) is 0 Å². The van der Waals surface area contributed by atoms with E-state index in [9.17, 15) is 4.79 Å². The minimum absolute atomic E-state index is 0.794. The quantitative estimate of drug-likeness (QED) is 0.243. The lowest BCUT2D eigenvalue weighted by atomic mass is 10.0. The van der Waals surface area contributed by atoms with E-state index in [2.05, 4.69) is 6.92 Å². The second-order valence-electron chi connectivity index (χ2n) is 6.27. The summed E-state index contributed by atoms with van der Waals surface area (Å²) in [4.78, 5) is 12.2. The number of nitrogens with zero attached hydrogens (tertiary/aromatic N) is 1. The molecule has 2 nitrogen and oxygen atoms in total. The summed E-state index contributed by atoms with van der Waals surface area (Å²) in [7, 11) is 0. The highest BCUT2D eigenvalue weighted by Gasteiger charge is 1.98. The first-order valence-electron chi connectivity index (χ1n) is 9.47. The first-order chi connectivity index (χ1) is 10.3. The molecule has 0 unspecified atom stereocenters. The molecule has 0 aliphatic rings. The van der Waals surface area contributed by atoms with Crippen LogP contribution in [0.2, 0.25) is 0 Å². The highest BCUT2D eigenvalue weighted by molar-refractivity contribution is 5.47. The van der Waals surface area contributed by atoms with Crippen LogP contribution in [-0.2, 0) is 4.79 Å². The molecule has 0 rings (SSSR count). The van der Waals surface area contributed by atoms with Crippen molar-refractivity contribution in [2.75, 3.05) is 13.1 Å². The maximum atomic E-state index is 10.5. The van der Waals surface area contributed by atoms with Crippen molar-refractivity contribution in [3.63, 3.8) is 0 Å². The molecule has 0 spiro atoms. The van der Waals surface area contributed by atoms with Crippen LogP contribution in [0.3, 0.4) is 0 Å². The molecule has 0 bridgehead atoms. The minimum Gasteiger partial charge on any atom is -0.335 e. The van der Waals surface area contributed by atoms with Crippen LogP contribution in [-0.4, -0.2) is 24.4 Å². The minimum atomic E-state index is 0.794. The zero-order chi connectivity index (χ0) is 15.6. The second-order valence-corrected chi connectivity index (χ2v) is 6.27. The van der Waals surface area contributed by atoms with Gasteiger partial charge in [-0.1, -0.05) is 90.4 Å². The monoisotopic (exact) mass is 296 g/mol. The number of hydrogen-bond acceptors (Lipinski definition) is 1. The molecule has 21 heavy (non-hydrogen) atoms. The molecule has 0 heterocycles. The molecule has 0 aromatic carbocycles. The molecule has 0 aromatic rings. The molecule has 0 atom stereocenters. The van der Waals surface area contributed by atoms with Gasteiger partial charge in [0.1, 0.15) is 0 Å². The Morgan fingerprint density at radius 3 is 1.33 bits per heavy atom. The van der Waals surface area contributed by atoms with Crippen LogP contribution in [0.1, 0.15) is 104 Å². The van der Waals surface area contributed by atoms with Gasteiger partial charge in [-0.3, -0.25) is 4.79 Å². The van der Waals surface area contributed by atoms with Crippen LogP contribution in [0.5, 0.6) is 0 Å². The summed E-state index contributed by atoms with van der Waals surface area (Å²) in [5, 5.41) is 0. The average Bonchev–Trinajstić information content (AvgIpc) is 2.51. The molecule has 0 fully saturated rings. The van der Waals surface area contributed by atoms with Gasteiger partial charge in [0.15, 0.2) is 0 Å². The van der Waals surface area contributed by atoms with Gasteiger partial charge in [0, 0.05) is 13.1 Å². The third-order valence-corrected chi connectivity index (χ3v) is 4.29. The maximum Gasteiger partial charge on any atom is 0.312 e. The SMILES string of the molecule is CCCCCCCCCCCCCCCCN([C]=O)CC. The molecule has 1 radical (unpaired) electrons. The van der Waals surface area contributed by atoms with Crippen LogP contribution >= 0.6 is 0 Å². The number of carbonyl (C=O) groups excluding carboxylic acids is 1. The Kier molecular flexibility index (Phi) is 17.1. The van der Waals surface area contributed by atoms with E-state index in [4.69, 9.17) is 0 Å². The second kappa shape index (κ2) is 17.5. The standard InChI is InChI=1S/C19H38NO/c1-3-5-6-7-8-9-10-11-12-13-14-15-16-17-18-20(4-2)19-21/h3-18H2,1-2H3. The molecular formula is C19H38NO. The van der Waals surface area contributed by atoms with E-state index in [0.717, 1.165) is 19.5 Å². The largest absolute Gasteiger partial charge is 0.335 e. The third kappa shape index (κ3) is 15.7. The Bertz CT molecular complexity index is 206. The van der Waals surface area contributed by atoms with Gasteiger partial charge in [-0.25, -0.2) is 0 Å². The van der Waals surface area contributed by atoms with Crippen LogP contribution < -0.4 is 0 Å². The fraction of sp³-hybridized carbons (Fsp3) is 0.947. The van der Waals surface area contributed by atoms with E-state index in [0.29, 0.717) is 0 Å². The van der Waals surface area contributed by atoms with Gasteiger partial charge in [-0.2, -0.15) is 0 Å². The third-order valence-electron chi connectivity index (χ3n) is 4.29. The van der Waals surface area contributed by atoms with Gasteiger partial charge in [-0.15, -0.1) is 0 Å². The van der Waals surface area contributed by atoms with Gasteiger partial charge in [0.25, 0.3) is 0 Å². The van der Waals surface area contributed by atoms with Crippen molar-refractivity contribution in [1.29, 1.82) is 0 Å². The number of rotatable bonds is 17. The molecule has 0 saturated heterocycles. The normalized spacial score (nSPS) is 10.8. The highest BCUT2D eigenvalue weighted by Crippen LogP contribution is 2.12. The van der Waals surface area contributed by atoms with Crippen molar-refractivity contribution < 1.29 is 4.79 Å². The number of amides is 1. The zero-order valence-electron chi connectivity index (χ0n) is 14.7. The molecule has 2 heteroatoms. The summed E-state index contributed by atoms with van der Waals surface area (Å²) in [6.45, 7) is 5.97. The Hall–Kier alpha value is -0.530. The molecule has 0 saturated carbocycles. The first kappa shape index (κ1) is 20.5. The summed E-state index contributed by atoms with van der Waals surface area (Å²) >= 11 is 0. The summed E-state index contributed by atoms with van der Waals surface area (Å²) in [5.74, 6) is 0. The van der Waals surface area contributed by atoms with E-state index in [1.54, 1.807) is 4.90 Å². The number of hydrogen-bond donors (Lipinski definition) is 0. The van der Waals surface area contributed by atoms with Crippen molar-refractivity contribution in [2.45, 2.75) is 104 Å². The first-order valence-corrected chi connectivity index (χ1v) is 9.47. The van der Waals surface area contributed by atoms with Gasteiger partial charge < -0.3 is 4.90 Å². The lowest BCUT2D eigenvalue weighted by molar-refractivity contribution is 0.381. The molecule has 0 aromatic heterocycles. The highest BCUT2D eigenvalue weighted by atomic mass is 16.1. The number of unbranched alkanes of at least 4 members (excludes halogenated alkanes) is 13. The lowest BCUT2D eigenvalue weighted by Gasteiger charge is -2.12. The van der Waals surface area contributed by atoms with Gasteiger partial charge in [0.05, 0.1) is 0 Å². The van der Waals surface area contributed by atoms with E-state index in [1.807, 2.05) is 13.3 Å². The summed E-state index contributed by atoms with van der Waals surface area (Å²) < 4.78 is 0. The molecule has 1 amide bonds. The van der Waals surface area contributed by atoms with Crippen molar-refractivity contribution >= 4 is 6.41 Å². The molecule has 0 aliphatic heterocycles.